The molecule has 3 aromatic carbocycles. The highest BCUT2D eigenvalue weighted by molar-refractivity contribution is 9.10. The van der Waals surface area contributed by atoms with E-state index in [2.05, 4.69) is 21.2 Å². The van der Waals surface area contributed by atoms with Crippen LogP contribution in [0.5, 0.6) is 11.5 Å². The van der Waals surface area contributed by atoms with E-state index >= 15 is 0 Å². The lowest BCUT2D eigenvalue weighted by Crippen LogP contribution is -2.50. The molecule has 4 rings (SSSR count). The van der Waals surface area contributed by atoms with Crippen molar-refractivity contribution in [2.45, 2.75) is 45.2 Å². The van der Waals surface area contributed by atoms with Crippen molar-refractivity contribution in [3.05, 3.63) is 94.0 Å². The van der Waals surface area contributed by atoms with Gasteiger partial charge in [-0.05, 0) is 53.8 Å². The molecule has 36 heavy (non-hydrogen) atoms. The maximum atomic E-state index is 13.7. The number of amides is 2. The molecular formula is C29H31BrN2O4. The van der Waals surface area contributed by atoms with Gasteiger partial charge in [-0.1, -0.05) is 71.4 Å². The van der Waals surface area contributed by atoms with Crippen LogP contribution >= 0.6 is 15.9 Å². The molecule has 0 spiro atoms. The molecule has 1 aliphatic heterocycles. The van der Waals surface area contributed by atoms with Gasteiger partial charge in [0.15, 0.2) is 11.5 Å². The minimum absolute atomic E-state index is 0.0692. The Balaban J connectivity index is 1.58. The van der Waals surface area contributed by atoms with Crippen LogP contribution in [0.4, 0.5) is 0 Å². The van der Waals surface area contributed by atoms with E-state index < -0.39 is 6.04 Å². The second-order valence-corrected chi connectivity index (χ2v) is 9.75. The Morgan fingerprint density at radius 3 is 2.50 bits per heavy atom. The van der Waals surface area contributed by atoms with Crippen molar-refractivity contribution >= 4 is 27.7 Å². The highest BCUT2D eigenvalue weighted by Crippen LogP contribution is 2.33. The Bertz CT molecular complexity index is 1180. The van der Waals surface area contributed by atoms with Crippen molar-refractivity contribution in [2.75, 3.05) is 13.3 Å². The molecule has 1 atom stereocenters. The van der Waals surface area contributed by atoms with Crippen LogP contribution in [-0.2, 0) is 29.0 Å². The van der Waals surface area contributed by atoms with Crippen molar-refractivity contribution in [3.8, 4) is 11.5 Å². The van der Waals surface area contributed by atoms with Crippen molar-refractivity contribution in [2.24, 2.45) is 0 Å². The summed E-state index contributed by atoms with van der Waals surface area (Å²) < 4.78 is 11.8. The Morgan fingerprint density at radius 1 is 0.944 bits per heavy atom. The fourth-order valence-corrected chi connectivity index (χ4v) is 4.69. The number of nitrogens with zero attached hydrogens (tertiary/aromatic N) is 1. The second-order valence-electron chi connectivity index (χ2n) is 8.84. The van der Waals surface area contributed by atoms with Crippen LogP contribution in [0.2, 0.25) is 0 Å². The molecule has 0 saturated heterocycles. The van der Waals surface area contributed by atoms with Gasteiger partial charge < -0.3 is 19.7 Å². The van der Waals surface area contributed by atoms with Crippen molar-refractivity contribution in [1.29, 1.82) is 0 Å². The SMILES string of the molecule is CCCNC(=O)C(Cc1ccccc1)N(Cc1cccc(Br)c1)C(=O)CCc1ccc2c(c1)OCO2. The summed E-state index contributed by atoms with van der Waals surface area (Å²) in [6.45, 7) is 3.14. The summed E-state index contributed by atoms with van der Waals surface area (Å²) in [4.78, 5) is 28.8. The summed E-state index contributed by atoms with van der Waals surface area (Å²) >= 11 is 3.52. The van der Waals surface area contributed by atoms with Crippen molar-refractivity contribution in [1.82, 2.24) is 10.2 Å². The Labute approximate surface area is 220 Å². The van der Waals surface area contributed by atoms with E-state index in [0.29, 0.717) is 31.7 Å². The zero-order valence-corrected chi connectivity index (χ0v) is 22.0. The van der Waals surface area contributed by atoms with Gasteiger partial charge in [-0.15, -0.1) is 0 Å². The molecule has 1 heterocycles. The average molecular weight is 551 g/mol. The Kier molecular flexibility index (Phi) is 9.01. The lowest BCUT2D eigenvalue weighted by atomic mass is 10.0. The first kappa shape index (κ1) is 25.8. The molecule has 0 bridgehead atoms. The molecule has 1 unspecified atom stereocenters. The number of aryl methyl sites for hydroxylation is 1. The molecule has 2 amide bonds. The number of ether oxygens (including phenoxy) is 2. The minimum atomic E-state index is -0.623. The quantitative estimate of drug-likeness (QED) is 0.353. The zero-order chi connectivity index (χ0) is 25.3. The number of hydrogen-bond acceptors (Lipinski definition) is 4. The van der Waals surface area contributed by atoms with Crippen molar-refractivity contribution in [3.63, 3.8) is 0 Å². The number of fused-ring (bicyclic) bond motifs is 1. The number of rotatable bonds is 11. The van der Waals surface area contributed by atoms with Gasteiger partial charge in [-0.2, -0.15) is 0 Å². The fourth-order valence-electron chi connectivity index (χ4n) is 4.24. The molecule has 7 heteroatoms. The predicted molar refractivity (Wildman–Crippen MR) is 143 cm³/mol. The predicted octanol–water partition coefficient (Wildman–Crippen LogP) is 5.28. The molecule has 6 nitrogen and oxygen atoms in total. The van der Waals surface area contributed by atoms with E-state index in [9.17, 15) is 9.59 Å². The first-order chi connectivity index (χ1) is 17.5. The summed E-state index contributed by atoms with van der Waals surface area (Å²) in [6.07, 6.45) is 2.09. The number of hydrogen-bond donors (Lipinski definition) is 1. The third-order valence-corrected chi connectivity index (χ3v) is 6.62. The highest BCUT2D eigenvalue weighted by Gasteiger charge is 2.30. The van der Waals surface area contributed by atoms with Crippen molar-refractivity contribution < 1.29 is 19.1 Å². The molecular weight excluding hydrogens is 520 g/mol. The number of carbonyl (C=O) groups excluding carboxylic acids is 2. The standard InChI is InChI=1S/C29H31BrN2O4/c1-2-15-31-29(34)25(17-21-7-4-3-5-8-21)32(19-23-9-6-10-24(30)16-23)28(33)14-12-22-11-13-26-27(18-22)36-20-35-26/h3-11,13,16,18,25H,2,12,14-15,17,19-20H2,1H3,(H,31,34). The van der Waals surface area contributed by atoms with E-state index in [1.54, 1.807) is 4.90 Å². The summed E-state index contributed by atoms with van der Waals surface area (Å²) in [6, 6.07) is 22.8. The maximum absolute atomic E-state index is 13.7. The molecule has 3 aromatic rings. The Hall–Kier alpha value is -3.32. The van der Waals surface area contributed by atoms with Gasteiger partial charge >= 0.3 is 0 Å². The molecule has 188 valence electrons. The molecule has 0 radical (unpaired) electrons. The van der Waals surface area contributed by atoms with Gasteiger partial charge in [0.2, 0.25) is 18.6 Å². The Morgan fingerprint density at radius 2 is 1.72 bits per heavy atom. The molecule has 1 aliphatic rings. The first-order valence-electron chi connectivity index (χ1n) is 12.3. The van der Waals surface area contributed by atoms with Gasteiger partial charge in [0.05, 0.1) is 0 Å². The van der Waals surface area contributed by atoms with Crippen LogP contribution in [0.3, 0.4) is 0 Å². The number of halogens is 1. The summed E-state index contributed by atoms with van der Waals surface area (Å²) in [5.41, 5.74) is 2.96. The second kappa shape index (κ2) is 12.6. The average Bonchev–Trinajstić information content (AvgIpc) is 3.36. The number of benzene rings is 3. The number of nitrogens with one attached hydrogen (secondary N) is 1. The monoisotopic (exact) mass is 550 g/mol. The third kappa shape index (κ3) is 6.88. The van der Waals surface area contributed by atoms with Gasteiger partial charge in [0.25, 0.3) is 0 Å². The molecule has 0 aliphatic carbocycles. The van der Waals surface area contributed by atoms with E-state index in [1.807, 2.05) is 79.7 Å². The molecule has 0 fully saturated rings. The highest BCUT2D eigenvalue weighted by atomic mass is 79.9. The molecule has 0 saturated carbocycles. The third-order valence-electron chi connectivity index (χ3n) is 6.13. The number of carbonyl (C=O) groups is 2. The lowest BCUT2D eigenvalue weighted by Gasteiger charge is -2.31. The maximum Gasteiger partial charge on any atom is 0.243 e. The van der Waals surface area contributed by atoms with Gasteiger partial charge in [0, 0.05) is 30.4 Å². The van der Waals surface area contributed by atoms with Gasteiger partial charge in [-0.25, -0.2) is 0 Å². The largest absolute Gasteiger partial charge is 0.454 e. The summed E-state index contributed by atoms with van der Waals surface area (Å²) in [7, 11) is 0. The zero-order valence-electron chi connectivity index (χ0n) is 20.4. The smallest absolute Gasteiger partial charge is 0.243 e. The van der Waals surface area contributed by atoms with Crippen LogP contribution in [-0.4, -0.2) is 36.1 Å². The van der Waals surface area contributed by atoms with Crippen LogP contribution in [0.25, 0.3) is 0 Å². The first-order valence-corrected chi connectivity index (χ1v) is 13.1. The molecule has 0 aromatic heterocycles. The van der Waals surface area contributed by atoms with E-state index in [1.165, 1.54) is 0 Å². The summed E-state index contributed by atoms with van der Waals surface area (Å²) in [5.74, 6) is 1.22. The van der Waals surface area contributed by atoms with Gasteiger partial charge in [-0.3, -0.25) is 9.59 Å². The normalized spacial score (nSPS) is 12.7. The lowest BCUT2D eigenvalue weighted by molar-refractivity contribution is -0.141. The fraction of sp³-hybridized carbons (Fsp3) is 0.310. The van der Waals surface area contributed by atoms with Crippen LogP contribution in [0, 0.1) is 0 Å². The van der Waals surface area contributed by atoms with Gasteiger partial charge in [0.1, 0.15) is 6.04 Å². The summed E-state index contributed by atoms with van der Waals surface area (Å²) in [5, 5.41) is 3.01. The van der Waals surface area contributed by atoms with E-state index in [4.69, 9.17) is 9.47 Å². The van der Waals surface area contributed by atoms with Crippen LogP contribution in [0.15, 0.2) is 77.3 Å². The van der Waals surface area contributed by atoms with E-state index in [0.717, 1.165) is 33.3 Å². The minimum Gasteiger partial charge on any atom is -0.454 e. The van der Waals surface area contributed by atoms with E-state index in [-0.39, 0.29) is 25.0 Å². The van der Waals surface area contributed by atoms with Crippen LogP contribution < -0.4 is 14.8 Å². The molecule has 1 N–H and O–H groups in total. The van der Waals surface area contributed by atoms with Crippen LogP contribution in [0.1, 0.15) is 36.5 Å². The topological polar surface area (TPSA) is 67.9 Å².